The number of ether oxygens (including phenoxy) is 1. The smallest absolute Gasteiger partial charge is 0.364 e. The van der Waals surface area contributed by atoms with Crippen molar-refractivity contribution in [2.45, 2.75) is 103 Å². The minimum Gasteiger partial charge on any atom is -0.364 e. The van der Waals surface area contributed by atoms with Crippen LogP contribution in [0.25, 0.3) is 11.0 Å². The first-order valence-corrected chi connectivity index (χ1v) is 14.7. The number of halogens is 5. The molecule has 9 nitrogen and oxygen atoms in total. The molecule has 3 N–H and O–H groups in total. The van der Waals surface area contributed by atoms with E-state index in [1.165, 1.54) is 36.2 Å². The largest absolute Gasteiger partial charge is 0.416 e. The molecule has 0 saturated heterocycles. The lowest BCUT2D eigenvalue weighted by atomic mass is 9.79. The monoisotopic (exact) mass is 626 g/mol. The number of aromatic nitrogens is 4. The maximum atomic E-state index is 13.5. The van der Waals surface area contributed by atoms with E-state index in [1.807, 2.05) is 13.8 Å². The standard InChI is InChI=1S/C27H33F5N6O3.C3H6/c1-15(2)38-21(7-8-34-38)24(40)37-20(14-41-25(3,4)27(30,31)32)23-35-18-6-5-16(9-19(18)36-23)13-33-22(39)10-17-11-26(28,29)12-17;1-2-3-1/h5-9,15,17,20H,10-14H2,1-4H3,(H,33,39)(H,35,36)(H,37,40);1-3H2. The van der Waals surface area contributed by atoms with Crippen molar-refractivity contribution in [3.63, 3.8) is 0 Å². The van der Waals surface area contributed by atoms with Crippen molar-refractivity contribution >= 4 is 22.8 Å². The summed E-state index contributed by atoms with van der Waals surface area (Å²) in [6.07, 6.45) is 0.757. The Kier molecular flexibility index (Phi) is 10.0. The van der Waals surface area contributed by atoms with E-state index in [4.69, 9.17) is 4.74 Å². The number of aromatic amines is 1. The highest BCUT2D eigenvalue weighted by Gasteiger charge is 2.49. The highest BCUT2D eigenvalue weighted by Crippen LogP contribution is 2.44. The molecule has 1 atom stereocenters. The van der Waals surface area contributed by atoms with Gasteiger partial charge >= 0.3 is 6.18 Å². The van der Waals surface area contributed by atoms with Crippen molar-refractivity contribution in [1.82, 2.24) is 30.4 Å². The van der Waals surface area contributed by atoms with Crippen LogP contribution in [0.4, 0.5) is 22.0 Å². The van der Waals surface area contributed by atoms with Gasteiger partial charge in [0, 0.05) is 38.0 Å². The predicted octanol–water partition coefficient (Wildman–Crippen LogP) is 6.39. The molecular weight excluding hydrogens is 587 g/mol. The topological polar surface area (TPSA) is 114 Å². The molecule has 2 heterocycles. The Balaban J connectivity index is 0.00000139. The molecule has 2 amide bonds. The molecule has 44 heavy (non-hydrogen) atoms. The van der Waals surface area contributed by atoms with Gasteiger partial charge in [-0.2, -0.15) is 18.3 Å². The number of imidazole rings is 1. The van der Waals surface area contributed by atoms with Crippen LogP contribution in [0.5, 0.6) is 0 Å². The van der Waals surface area contributed by atoms with Crippen LogP contribution in [-0.2, 0) is 16.1 Å². The fourth-order valence-corrected chi connectivity index (χ4v) is 4.52. The van der Waals surface area contributed by atoms with E-state index in [2.05, 4.69) is 25.7 Å². The molecule has 2 aliphatic rings. The van der Waals surface area contributed by atoms with Gasteiger partial charge in [-0.05, 0) is 57.4 Å². The van der Waals surface area contributed by atoms with Gasteiger partial charge in [0.25, 0.3) is 5.91 Å². The van der Waals surface area contributed by atoms with Gasteiger partial charge in [0.15, 0.2) is 5.60 Å². The van der Waals surface area contributed by atoms with Crippen molar-refractivity contribution in [1.29, 1.82) is 0 Å². The highest BCUT2D eigenvalue weighted by atomic mass is 19.4. The first-order valence-electron chi connectivity index (χ1n) is 14.7. The predicted molar refractivity (Wildman–Crippen MR) is 153 cm³/mol. The zero-order chi connectivity index (χ0) is 32.3. The second kappa shape index (κ2) is 13.2. The summed E-state index contributed by atoms with van der Waals surface area (Å²) in [7, 11) is 0. The number of rotatable bonds is 11. The summed E-state index contributed by atoms with van der Waals surface area (Å²) in [5.74, 6) is -3.74. The summed E-state index contributed by atoms with van der Waals surface area (Å²) in [5.41, 5.74) is -0.571. The lowest BCUT2D eigenvalue weighted by Crippen LogP contribution is -2.44. The van der Waals surface area contributed by atoms with Crippen LogP contribution in [0.3, 0.4) is 0 Å². The number of carbonyl (C=O) groups excluding carboxylic acids is 2. The van der Waals surface area contributed by atoms with Gasteiger partial charge in [0.05, 0.1) is 17.6 Å². The Morgan fingerprint density at radius 3 is 2.41 bits per heavy atom. The number of nitrogens with zero attached hydrogens (tertiary/aromatic N) is 3. The van der Waals surface area contributed by atoms with E-state index in [1.54, 1.807) is 18.2 Å². The van der Waals surface area contributed by atoms with Gasteiger partial charge in [-0.15, -0.1) is 0 Å². The molecule has 242 valence electrons. The number of carbonyl (C=O) groups is 2. The molecule has 14 heteroatoms. The van der Waals surface area contributed by atoms with Gasteiger partial charge in [0.1, 0.15) is 17.6 Å². The Bertz CT molecular complexity index is 1440. The average molecular weight is 627 g/mol. The van der Waals surface area contributed by atoms with E-state index in [0.717, 1.165) is 13.8 Å². The fraction of sp³-hybridized carbons (Fsp3) is 0.600. The number of nitrogens with one attached hydrogen (secondary N) is 3. The molecular formula is C30H39F5N6O3. The van der Waals surface area contributed by atoms with E-state index in [-0.39, 0.29) is 55.2 Å². The molecule has 0 spiro atoms. The average Bonchev–Trinajstić information content (AvgIpc) is 3.60. The maximum Gasteiger partial charge on any atom is 0.416 e. The third kappa shape index (κ3) is 8.76. The fourth-order valence-electron chi connectivity index (χ4n) is 4.52. The van der Waals surface area contributed by atoms with Crippen molar-refractivity contribution in [3.05, 3.63) is 47.5 Å². The molecule has 0 radical (unpaired) electrons. The van der Waals surface area contributed by atoms with E-state index in [9.17, 15) is 31.5 Å². The van der Waals surface area contributed by atoms with E-state index >= 15 is 0 Å². The first-order chi connectivity index (χ1) is 20.5. The van der Waals surface area contributed by atoms with E-state index in [0.29, 0.717) is 16.6 Å². The number of benzene rings is 1. The van der Waals surface area contributed by atoms with Crippen molar-refractivity contribution in [2.75, 3.05) is 6.61 Å². The summed E-state index contributed by atoms with van der Waals surface area (Å²) in [6, 6.07) is 5.37. The molecule has 0 aliphatic heterocycles. The van der Waals surface area contributed by atoms with Gasteiger partial charge < -0.3 is 20.4 Å². The van der Waals surface area contributed by atoms with Gasteiger partial charge in [-0.25, -0.2) is 13.8 Å². The van der Waals surface area contributed by atoms with Crippen molar-refractivity contribution < 1.29 is 36.3 Å². The van der Waals surface area contributed by atoms with Gasteiger partial charge in [-0.1, -0.05) is 25.3 Å². The lowest BCUT2D eigenvalue weighted by Gasteiger charge is -2.34. The Morgan fingerprint density at radius 1 is 1.14 bits per heavy atom. The number of H-pyrrole nitrogens is 1. The Morgan fingerprint density at radius 2 is 1.82 bits per heavy atom. The molecule has 2 aliphatic carbocycles. The SMILES string of the molecule is C1CC1.CC(C)n1nccc1C(=O)NC(COC(C)(C)C(F)(F)F)c1nc2ccc(CNC(=O)CC3CC(F)(F)C3)cc2[nH]1. The maximum absolute atomic E-state index is 13.5. The third-order valence-electron chi connectivity index (χ3n) is 7.38. The Labute approximate surface area is 252 Å². The second-order valence-electron chi connectivity index (χ2n) is 12.2. The van der Waals surface area contributed by atoms with Crippen molar-refractivity contribution in [3.8, 4) is 0 Å². The number of amides is 2. The minimum atomic E-state index is -4.65. The highest BCUT2D eigenvalue weighted by molar-refractivity contribution is 5.92. The molecule has 0 bridgehead atoms. The normalized spacial score (nSPS) is 17.0. The first kappa shape index (κ1) is 33.3. The summed E-state index contributed by atoms with van der Waals surface area (Å²) >= 11 is 0. The van der Waals surface area contributed by atoms with Gasteiger partial charge in [-0.3, -0.25) is 14.3 Å². The minimum absolute atomic E-state index is 0.0252. The molecule has 2 aromatic heterocycles. The summed E-state index contributed by atoms with van der Waals surface area (Å²) in [6.45, 7) is 5.08. The summed E-state index contributed by atoms with van der Waals surface area (Å²) in [4.78, 5) is 32.8. The van der Waals surface area contributed by atoms with Crippen LogP contribution in [0, 0.1) is 5.92 Å². The van der Waals surface area contributed by atoms with Crippen LogP contribution in [0.1, 0.15) is 100 Å². The zero-order valence-corrected chi connectivity index (χ0v) is 25.2. The molecule has 1 aromatic carbocycles. The number of fused-ring (bicyclic) bond motifs is 1. The second-order valence-corrected chi connectivity index (χ2v) is 12.2. The van der Waals surface area contributed by atoms with Crippen LogP contribution >= 0.6 is 0 Å². The molecule has 2 fully saturated rings. The lowest BCUT2D eigenvalue weighted by molar-refractivity contribution is -0.265. The third-order valence-corrected chi connectivity index (χ3v) is 7.38. The van der Waals surface area contributed by atoms with E-state index < -0.39 is 36.3 Å². The number of alkyl halides is 5. The van der Waals surface area contributed by atoms with Gasteiger partial charge in [0.2, 0.25) is 11.8 Å². The summed E-state index contributed by atoms with van der Waals surface area (Å²) < 4.78 is 73.2. The van der Waals surface area contributed by atoms with Crippen molar-refractivity contribution in [2.24, 2.45) is 5.92 Å². The van der Waals surface area contributed by atoms with Crippen LogP contribution < -0.4 is 10.6 Å². The van der Waals surface area contributed by atoms with Crippen LogP contribution in [0.15, 0.2) is 30.5 Å². The molecule has 1 unspecified atom stereocenters. The van der Waals surface area contributed by atoms with Crippen LogP contribution in [0.2, 0.25) is 0 Å². The molecule has 3 aromatic rings. The summed E-state index contributed by atoms with van der Waals surface area (Å²) in [5, 5.41) is 9.55. The Hall–Kier alpha value is -3.55. The molecule has 5 rings (SSSR count). The zero-order valence-electron chi connectivity index (χ0n) is 25.2. The quantitative estimate of drug-likeness (QED) is 0.214. The number of hydrogen-bond donors (Lipinski definition) is 3. The molecule has 2 saturated carbocycles. The van der Waals surface area contributed by atoms with Crippen LogP contribution in [-0.4, -0.2) is 55.9 Å². The number of hydrogen-bond acceptors (Lipinski definition) is 5.